The van der Waals surface area contributed by atoms with Gasteiger partial charge in [0.1, 0.15) is 0 Å². The Hall–Kier alpha value is 0.0700. The fraction of sp³-hybridized carbons (Fsp3) is 0.944. The summed E-state index contributed by atoms with van der Waals surface area (Å²) in [6.45, 7) is 9.78. The van der Waals surface area contributed by atoms with Gasteiger partial charge in [0.15, 0.2) is 5.96 Å². The molecule has 1 heterocycles. The van der Waals surface area contributed by atoms with Gasteiger partial charge in [-0.15, -0.1) is 24.0 Å². The normalized spacial score (nSPS) is 28.1. The van der Waals surface area contributed by atoms with Crippen molar-refractivity contribution in [3.63, 3.8) is 0 Å². The van der Waals surface area contributed by atoms with Crippen LogP contribution in [0.3, 0.4) is 0 Å². The zero-order valence-electron chi connectivity index (χ0n) is 16.9. The van der Waals surface area contributed by atoms with Gasteiger partial charge in [0.2, 0.25) is 0 Å². The zero-order valence-corrected chi connectivity index (χ0v) is 20.0. The average molecular weight is 500 g/mol. The van der Waals surface area contributed by atoms with E-state index in [-0.39, 0.29) is 24.0 Å². The van der Waals surface area contributed by atoms with Crippen molar-refractivity contribution in [2.75, 3.05) is 52.6 Å². The molecular weight excluding hydrogens is 461 g/mol. The summed E-state index contributed by atoms with van der Waals surface area (Å²) in [6, 6.07) is 0.887. The van der Waals surface area contributed by atoms with Crippen molar-refractivity contribution in [3.05, 3.63) is 0 Å². The van der Waals surface area contributed by atoms with Crippen LogP contribution in [0.4, 0.5) is 0 Å². The molecule has 0 bridgehead atoms. The topological polar surface area (TPSA) is 60.0 Å². The minimum Gasteiger partial charge on any atom is -0.355 e. The van der Waals surface area contributed by atoms with Crippen LogP contribution < -0.4 is 10.6 Å². The van der Waals surface area contributed by atoms with Crippen LogP contribution in [0.2, 0.25) is 0 Å². The van der Waals surface area contributed by atoms with Crippen LogP contribution in [0.5, 0.6) is 0 Å². The lowest BCUT2D eigenvalue weighted by Gasteiger charge is -2.37. The van der Waals surface area contributed by atoms with Crippen LogP contribution in [0, 0.1) is 0 Å². The van der Waals surface area contributed by atoms with Crippen molar-refractivity contribution in [2.45, 2.75) is 56.9 Å². The lowest BCUT2D eigenvalue weighted by Crippen LogP contribution is -2.53. The first-order valence-corrected chi connectivity index (χ1v) is 11.2. The molecule has 2 fully saturated rings. The van der Waals surface area contributed by atoms with Crippen molar-refractivity contribution in [2.24, 2.45) is 4.99 Å². The van der Waals surface area contributed by atoms with Crippen molar-refractivity contribution in [3.8, 4) is 0 Å². The molecule has 0 aromatic rings. The number of nitrogens with zero attached hydrogens (tertiary/aromatic N) is 3. The molecule has 2 N–H and O–H groups in total. The third-order valence-electron chi connectivity index (χ3n) is 5.57. The summed E-state index contributed by atoms with van der Waals surface area (Å²) in [5.74, 6) is 1.65. The number of hydrogen-bond donors (Lipinski definition) is 2. The Morgan fingerprint density at radius 1 is 1.27 bits per heavy atom. The Morgan fingerprint density at radius 2 is 1.96 bits per heavy atom. The van der Waals surface area contributed by atoms with Crippen LogP contribution in [0.15, 0.2) is 4.99 Å². The predicted octanol–water partition coefficient (Wildman–Crippen LogP) is 1.49. The van der Waals surface area contributed by atoms with E-state index in [1.54, 1.807) is 0 Å². The number of rotatable bonds is 6. The Labute approximate surface area is 179 Å². The van der Waals surface area contributed by atoms with Crippen molar-refractivity contribution in [1.82, 2.24) is 20.4 Å². The number of nitrogens with one attached hydrogen (secondary N) is 2. The highest BCUT2D eigenvalue weighted by Gasteiger charge is 2.26. The summed E-state index contributed by atoms with van der Waals surface area (Å²) in [7, 11) is 3.34. The van der Waals surface area contributed by atoms with E-state index in [0.29, 0.717) is 17.3 Å². The first-order valence-electron chi connectivity index (χ1n) is 9.80. The van der Waals surface area contributed by atoms with Gasteiger partial charge in [-0.05, 0) is 33.2 Å². The highest BCUT2D eigenvalue weighted by Crippen LogP contribution is 2.22. The van der Waals surface area contributed by atoms with Crippen LogP contribution in [-0.2, 0) is 10.8 Å². The Balaban J connectivity index is 0.00000338. The second kappa shape index (κ2) is 12.5. The molecular formula is C18H38IN5OS. The maximum Gasteiger partial charge on any atom is 0.191 e. The lowest BCUT2D eigenvalue weighted by molar-refractivity contribution is 0.120. The standard InChI is InChI=1S/C18H37N5OS.HI/c1-5-25(24)17-8-6-7-16(13-17)21-18(19-3)20-14-15(2)23-11-9-22(4)10-12-23;/h15-17H,5-14H2,1-4H3,(H2,19,20,21);1H. The number of guanidine groups is 1. The van der Waals surface area contributed by atoms with Crippen molar-refractivity contribution < 1.29 is 4.21 Å². The highest BCUT2D eigenvalue weighted by atomic mass is 127. The fourth-order valence-electron chi connectivity index (χ4n) is 3.77. The largest absolute Gasteiger partial charge is 0.355 e. The van der Waals surface area contributed by atoms with Gasteiger partial charge in [-0.1, -0.05) is 13.3 Å². The number of piperazine rings is 1. The molecule has 0 aromatic heterocycles. The molecule has 4 unspecified atom stereocenters. The van der Waals surface area contributed by atoms with Gasteiger partial charge >= 0.3 is 0 Å². The number of hydrogen-bond acceptors (Lipinski definition) is 4. The molecule has 2 rings (SSSR count). The molecule has 0 aromatic carbocycles. The molecule has 2 aliphatic rings. The molecule has 8 heteroatoms. The van der Waals surface area contributed by atoms with E-state index in [2.05, 4.69) is 39.4 Å². The number of halogens is 1. The highest BCUT2D eigenvalue weighted by molar-refractivity contribution is 14.0. The SMILES string of the molecule is CCS(=O)C1CCCC(NC(=NC)NCC(C)N2CCN(C)CC2)C1.I. The van der Waals surface area contributed by atoms with E-state index in [1.165, 1.54) is 0 Å². The molecule has 154 valence electrons. The second-order valence-electron chi connectivity index (χ2n) is 7.44. The molecule has 26 heavy (non-hydrogen) atoms. The molecule has 1 saturated carbocycles. The smallest absolute Gasteiger partial charge is 0.191 e. The Kier molecular flexibility index (Phi) is 11.6. The quantitative estimate of drug-likeness (QED) is 0.330. The zero-order chi connectivity index (χ0) is 18.2. The minimum absolute atomic E-state index is 0. The second-order valence-corrected chi connectivity index (χ2v) is 9.45. The van der Waals surface area contributed by atoms with E-state index in [9.17, 15) is 4.21 Å². The van der Waals surface area contributed by atoms with Crippen molar-refractivity contribution in [1.29, 1.82) is 0 Å². The monoisotopic (exact) mass is 499 g/mol. The Morgan fingerprint density at radius 3 is 2.58 bits per heavy atom. The average Bonchev–Trinajstić information content (AvgIpc) is 2.64. The summed E-state index contributed by atoms with van der Waals surface area (Å²) in [5, 5.41) is 7.39. The van der Waals surface area contributed by atoms with Gasteiger partial charge in [0.25, 0.3) is 0 Å². The Bertz CT molecular complexity index is 457. The van der Waals surface area contributed by atoms with Gasteiger partial charge in [0.05, 0.1) is 0 Å². The summed E-state index contributed by atoms with van der Waals surface area (Å²) >= 11 is 0. The van der Waals surface area contributed by atoms with E-state index in [0.717, 1.165) is 70.1 Å². The first kappa shape index (κ1) is 24.1. The third-order valence-corrected chi connectivity index (χ3v) is 7.31. The van der Waals surface area contributed by atoms with E-state index < -0.39 is 10.8 Å². The lowest BCUT2D eigenvalue weighted by atomic mass is 9.95. The molecule has 6 nitrogen and oxygen atoms in total. The minimum atomic E-state index is -0.679. The first-order chi connectivity index (χ1) is 12.0. The molecule has 0 amide bonds. The van der Waals surface area contributed by atoms with Crippen LogP contribution in [0.1, 0.15) is 39.5 Å². The molecule has 0 spiro atoms. The fourth-order valence-corrected chi connectivity index (χ4v) is 5.12. The van der Waals surface area contributed by atoms with Crippen LogP contribution in [-0.4, -0.2) is 89.9 Å². The van der Waals surface area contributed by atoms with Gasteiger partial charge in [-0.25, -0.2) is 0 Å². The number of likely N-dealkylation sites (N-methyl/N-ethyl adjacent to an activating group) is 1. The van der Waals surface area contributed by atoms with E-state index in [4.69, 9.17) is 0 Å². The van der Waals surface area contributed by atoms with Gasteiger partial charge in [-0.2, -0.15) is 0 Å². The summed E-state index contributed by atoms with van der Waals surface area (Å²) in [5.41, 5.74) is 0. The van der Waals surface area contributed by atoms with E-state index >= 15 is 0 Å². The molecule has 1 saturated heterocycles. The number of aliphatic imine (C=N–C) groups is 1. The summed E-state index contributed by atoms with van der Waals surface area (Å²) < 4.78 is 12.1. The van der Waals surface area contributed by atoms with Gasteiger partial charge in [-0.3, -0.25) is 14.1 Å². The predicted molar refractivity (Wildman–Crippen MR) is 123 cm³/mol. The summed E-state index contributed by atoms with van der Waals surface area (Å²) in [6.07, 6.45) is 4.40. The van der Waals surface area contributed by atoms with Gasteiger partial charge in [0, 0.05) is 73.7 Å². The molecule has 1 aliphatic carbocycles. The summed E-state index contributed by atoms with van der Waals surface area (Å²) in [4.78, 5) is 9.32. The van der Waals surface area contributed by atoms with Crippen molar-refractivity contribution >= 4 is 40.7 Å². The van der Waals surface area contributed by atoms with E-state index in [1.807, 2.05) is 14.0 Å². The van der Waals surface area contributed by atoms with Crippen LogP contribution in [0.25, 0.3) is 0 Å². The maximum atomic E-state index is 12.1. The molecule has 4 atom stereocenters. The molecule has 1 aliphatic heterocycles. The maximum absolute atomic E-state index is 12.1. The third kappa shape index (κ3) is 7.59. The molecule has 0 radical (unpaired) electrons. The van der Waals surface area contributed by atoms with Gasteiger partial charge < -0.3 is 15.5 Å². The van der Waals surface area contributed by atoms with Crippen LogP contribution >= 0.6 is 24.0 Å².